The number of fused-ring (bicyclic) bond motifs is 1. The minimum Gasteiger partial charge on any atom is -0.444 e. The molecule has 0 saturated carbocycles. The number of aromatic nitrogens is 2. The van der Waals surface area contributed by atoms with Crippen molar-refractivity contribution in [3.05, 3.63) is 71.4 Å². The van der Waals surface area contributed by atoms with Crippen molar-refractivity contribution in [3.63, 3.8) is 0 Å². The number of rotatable bonds is 4. The van der Waals surface area contributed by atoms with E-state index < -0.39 is 5.60 Å². The molecule has 2 aliphatic heterocycles. The highest BCUT2D eigenvalue weighted by Crippen LogP contribution is 2.43. The van der Waals surface area contributed by atoms with E-state index in [1.54, 1.807) is 4.90 Å². The zero-order chi connectivity index (χ0) is 27.9. The Labute approximate surface area is 240 Å². The molecule has 1 amide bonds. The molecule has 1 aromatic carbocycles. The Bertz CT molecular complexity index is 1490. The van der Waals surface area contributed by atoms with Crippen LogP contribution in [-0.4, -0.2) is 59.3 Å². The van der Waals surface area contributed by atoms with E-state index in [2.05, 4.69) is 70.2 Å². The molecule has 2 aliphatic rings. The molecule has 4 aromatic rings. The van der Waals surface area contributed by atoms with Crippen LogP contribution in [0.25, 0.3) is 21.5 Å². The van der Waals surface area contributed by atoms with Crippen molar-refractivity contribution in [2.45, 2.75) is 52.2 Å². The molecule has 8 heteroatoms. The van der Waals surface area contributed by atoms with Crippen molar-refractivity contribution in [1.29, 1.82) is 0 Å². The fourth-order valence-electron chi connectivity index (χ4n) is 5.79. The fraction of sp³-hybridized carbons (Fsp3) is 0.406. The van der Waals surface area contributed by atoms with Crippen molar-refractivity contribution in [1.82, 2.24) is 14.9 Å². The molecule has 2 saturated heterocycles. The highest BCUT2D eigenvalue weighted by molar-refractivity contribution is 7.19. The predicted molar refractivity (Wildman–Crippen MR) is 163 cm³/mol. The lowest BCUT2D eigenvalue weighted by atomic mass is 10.0. The molecule has 0 N–H and O–H groups in total. The maximum absolute atomic E-state index is 12.4. The second-order valence-corrected chi connectivity index (χ2v) is 13.0. The number of piperazine rings is 1. The monoisotopic (exact) mass is 555 g/mol. The van der Waals surface area contributed by atoms with Crippen LogP contribution in [-0.2, 0) is 4.74 Å². The Kier molecular flexibility index (Phi) is 7.13. The summed E-state index contributed by atoms with van der Waals surface area (Å²) in [5, 5.41) is 0. The van der Waals surface area contributed by atoms with Crippen LogP contribution in [0.15, 0.2) is 60.9 Å². The van der Waals surface area contributed by atoms with Crippen LogP contribution in [0.2, 0.25) is 0 Å². The first-order valence-electron chi connectivity index (χ1n) is 14.2. The third-order valence-electron chi connectivity index (χ3n) is 7.70. The number of anilines is 2. The first kappa shape index (κ1) is 26.6. The lowest BCUT2D eigenvalue weighted by Crippen LogP contribution is -2.50. The Morgan fingerprint density at radius 3 is 2.40 bits per heavy atom. The molecule has 40 heavy (non-hydrogen) atoms. The topological polar surface area (TPSA) is 61.8 Å². The summed E-state index contributed by atoms with van der Waals surface area (Å²) in [7, 11) is 0. The van der Waals surface area contributed by atoms with Crippen molar-refractivity contribution in [2.75, 3.05) is 42.5 Å². The standard InChI is InChI=1S/C32H37N5O2S/c1-22-20-27-30(40-22)29(37-15-5-6-28(37)24-11-13-33-14-12-24)21-26(34-27)23-7-9-25(10-8-23)35-16-18-36(19-17-35)31(38)39-32(2,3)4/h7-14,20-21,28H,5-6,15-19H2,1-4H3. The van der Waals surface area contributed by atoms with Crippen LogP contribution in [0.1, 0.15) is 50.1 Å². The molecule has 1 atom stereocenters. The Hall–Kier alpha value is -3.65. The third-order valence-corrected chi connectivity index (χ3v) is 8.76. The molecule has 0 bridgehead atoms. The molecular formula is C32H37N5O2S. The van der Waals surface area contributed by atoms with Gasteiger partial charge in [-0.25, -0.2) is 9.78 Å². The molecule has 0 radical (unpaired) electrons. The minimum atomic E-state index is -0.475. The number of pyridine rings is 2. The maximum Gasteiger partial charge on any atom is 0.410 e. The second-order valence-electron chi connectivity index (χ2n) is 11.7. The van der Waals surface area contributed by atoms with Crippen LogP contribution in [0, 0.1) is 6.92 Å². The molecule has 1 unspecified atom stereocenters. The van der Waals surface area contributed by atoms with Gasteiger partial charge in [0.2, 0.25) is 0 Å². The molecule has 2 fully saturated rings. The number of amides is 1. The van der Waals surface area contributed by atoms with Gasteiger partial charge in [-0.15, -0.1) is 11.3 Å². The summed E-state index contributed by atoms with van der Waals surface area (Å²) < 4.78 is 6.81. The average molecular weight is 556 g/mol. The molecule has 6 rings (SSSR count). The second kappa shape index (κ2) is 10.7. The molecule has 7 nitrogen and oxygen atoms in total. The van der Waals surface area contributed by atoms with Gasteiger partial charge in [-0.1, -0.05) is 12.1 Å². The van der Waals surface area contributed by atoms with E-state index in [9.17, 15) is 4.79 Å². The lowest BCUT2D eigenvalue weighted by molar-refractivity contribution is 0.0240. The molecular weight excluding hydrogens is 518 g/mol. The van der Waals surface area contributed by atoms with Crippen LogP contribution < -0.4 is 9.80 Å². The van der Waals surface area contributed by atoms with E-state index in [1.807, 2.05) is 44.5 Å². The fourth-order valence-corrected chi connectivity index (χ4v) is 6.77. The van der Waals surface area contributed by atoms with E-state index in [0.29, 0.717) is 19.1 Å². The number of aryl methyl sites for hydroxylation is 1. The molecule has 0 aliphatic carbocycles. The summed E-state index contributed by atoms with van der Waals surface area (Å²) in [4.78, 5) is 29.8. The van der Waals surface area contributed by atoms with E-state index in [4.69, 9.17) is 9.72 Å². The van der Waals surface area contributed by atoms with Crippen molar-refractivity contribution >= 4 is 39.0 Å². The number of nitrogens with zero attached hydrogens (tertiary/aromatic N) is 5. The predicted octanol–water partition coefficient (Wildman–Crippen LogP) is 7.07. The smallest absolute Gasteiger partial charge is 0.410 e. The number of carbonyl (C=O) groups is 1. The first-order valence-corrected chi connectivity index (χ1v) is 15.0. The number of ether oxygens (including phenoxy) is 1. The summed E-state index contributed by atoms with van der Waals surface area (Å²) in [6.45, 7) is 11.8. The van der Waals surface area contributed by atoms with Gasteiger partial charge in [0.25, 0.3) is 0 Å². The van der Waals surface area contributed by atoms with E-state index in [0.717, 1.165) is 48.5 Å². The maximum atomic E-state index is 12.4. The summed E-state index contributed by atoms with van der Waals surface area (Å²) in [5.74, 6) is 0. The Morgan fingerprint density at radius 1 is 0.975 bits per heavy atom. The molecule has 208 valence electrons. The first-order chi connectivity index (χ1) is 19.2. The van der Waals surface area contributed by atoms with Gasteiger partial charge in [0.05, 0.1) is 27.6 Å². The average Bonchev–Trinajstić information content (AvgIpc) is 3.58. The van der Waals surface area contributed by atoms with Gasteiger partial charge in [0.1, 0.15) is 5.60 Å². The van der Waals surface area contributed by atoms with E-state index in [1.165, 1.54) is 27.2 Å². The van der Waals surface area contributed by atoms with Crippen molar-refractivity contribution < 1.29 is 9.53 Å². The summed E-state index contributed by atoms with van der Waals surface area (Å²) in [6, 6.07) is 17.9. The van der Waals surface area contributed by atoms with Crippen LogP contribution in [0.4, 0.5) is 16.2 Å². The zero-order valence-corrected chi connectivity index (χ0v) is 24.6. The lowest BCUT2D eigenvalue weighted by Gasteiger charge is -2.36. The highest BCUT2D eigenvalue weighted by atomic mass is 32.1. The number of carbonyl (C=O) groups excluding carboxylic acids is 1. The summed E-state index contributed by atoms with van der Waals surface area (Å²) in [6.07, 6.45) is 5.88. The Morgan fingerprint density at radius 2 is 1.70 bits per heavy atom. The van der Waals surface area contributed by atoms with E-state index >= 15 is 0 Å². The van der Waals surface area contributed by atoms with Crippen molar-refractivity contribution in [2.24, 2.45) is 0 Å². The Balaban J connectivity index is 1.23. The molecule has 0 spiro atoms. The highest BCUT2D eigenvalue weighted by Gasteiger charge is 2.29. The van der Waals surface area contributed by atoms with Gasteiger partial charge in [0.15, 0.2) is 0 Å². The minimum absolute atomic E-state index is 0.229. The summed E-state index contributed by atoms with van der Waals surface area (Å²) in [5.41, 5.74) is 6.47. The zero-order valence-electron chi connectivity index (χ0n) is 23.8. The third kappa shape index (κ3) is 5.50. The van der Waals surface area contributed by atoms with Crippen LogP contribution >= 0.6 is 11.3 Å². The van der Waals surface area contributed by atoms with Crippen LogP contribution in [0.3, 0.4) is 0 Å². The normalized spacial score (nSPS) is 18.0. The number of hydrogen-bond acceptors (Lipinski definition) is 7. The number of benzene rings is 1. The van der Waals surface area contributed by atoms with Gasteiger partial charge in [-0.05, 0) is 82.5 Å². The molecule has 5 heterocycles. The summed E-state index contributed by atoms with van der Waals surface area (Å²) >= 11 is 1.83. The number of hydrogen-bond donors (Lipinski definition) is 0. The van der Waals surface area contributed by atoms with Gasteiger partial charge in [-0.2, -0.15) is 0 Å². The van der Waals surface area contributed by atoms with Gasteiger partial charge < -0.3 is 19.4 Å². The van der Waals surface area contributed by atoms with Crippen LogP contribution in [0.5, 0.6) is 0 Å². The van der Waals surface area contributed by atoms with Gasteiger partial charge in [-0.3, -0.25) is 4.98 Å². The van der Waals surface area contributed by atoms with Crippen molar-refractivity contribution in [3.8, 4) is 11.3 Å². The largest absolute Gasteiger partial charge is 0.444 e. The quantitative estimate of drug-likeness (QED) is 0.269. The van der Waals surface area contributed by atoms with Gasteiger partial charge >= 0.3 is 6.09 Å². The molecule has 3 aromatic heterocycles. The SMILES string of the molecule is Cc1cc2nc(-c3ccc(N4CCN(C(=O)OC(C)(C)C)CC4)cc3)cc(N3CCCC3c3ccncc3)c2s1. The number of thiophene rings is 1. The van der Waals surface area contributed by atoms with E-state index in [-0.39, 0.29) is 6.09 Å². The van der Waals surface area contributed by atoms with Gasteiger partial charge in [0, 0.05) is 61.2 Å².